The first-order valence-electron chi connectivity index (χ1n) is 12.0. The molecule has 0 aliphatic rings. The average molecular weight is 522 g/mol. The molecule has 0 fully saturated rings. The molecule has 0 radical (unpaired) electrons. The van der Waals surface area contributed by atoms with Gasteiger partial charge in [-0.25, -0.2) is 4.79 Å². The standard InChI is InChI=1S/C30H23N3O4S/c1-36-22-10-7-19(8-11-22)17-33-27-16-23(37-18-20-5-3-2-4-6-20)12-13-24(27)28(29(33)30(34)35)21-9-14-25-26(15-21)32-38-31-25/h2-16H,17-18H2,1H3,(H,34,35). The largest absolute Gasteiger partial charge is 0.497 e. The number of methoxy groups -OCH3 is 1. The Hall–Kier alpha value is -4.69. The highest BCUT2D eigenvalue weighted by atomic mass is 32.1. The van der Waals surface area contributed by atoms with Crippen LogP contribution in [0, 0.1) is 0 Å². The van der Waals surface area contributed by atoms with Gasteiger partial charge in [-0.1, -0.05) is 48.5 Å². The molecule has 0 saturated carbocycles. The summed E-state index contributed by atoms with van der Waals surface area (Å²) in [5, 5.41) is 11.3. The van der Waals surface area contributed by atoms with Crippen molar-refractivity contribution >= 4 is 39.6 Å². The van der Waals surface area contributed by atoms with Crippen molar-refractivity contribution in [2.24, 2.45) is 0 Å². The van der Waals surface area contributed by atoms with Gasteiger partial charge in [0.2, 0.25) is 0 Å². The predicted molar refractivity (Wildman–Crippen MR) is 148 cm³/mol. The maximum Gasteiger partial charge on any atom is 0.353 e. The second kappa shape index (κ2) is 9.99. The van der Waals surface area contributed by atoms with Crippen molar-refractivity contribution in [1.82, 2.24) is 13.3 Å². The van der Waals surface area contributed by atoms with Crippen molar-refractivity contribution in [3.05, 3.63) is 108 Å². The maximum absolute atomic E-state index is 12.8. The molecule has 0 aliphatic carbocycles. The highest BCUT2D eigenvalue weighted by Crippen LogP contribution is 2.38. The molecule has 0 unspecified atom stereocenters. The van der Waals surface area contributed by atoms with Gasteiger partial charge in [-0.3, -0.25) is 0 Å². The average Bonchev–Trinajstić information content (AvgIpc) is 3.55. The van der Waals surface area contributed by atoms with Gasteiger partial charge in [-0.05, 0) is 53.1 Å². The third kappa shape index (κ3) is 4.46. The van der Waals surface area contributed by atoms with Crippen molar-refractivity contribution in [2.75, 3.05) is 7.11 Å². The lowest BCUT2D eigenvalue weighted by Crippen LogP contribution is -2.10. The van der Waals surface area contributed by atoms with Crippen LogP contribution in [0.3, 0.4) is 0 Å². The summed E-state index contributed by atoms with van der Waals surface area (Å²) in [7, 11) is 1.62. The summed E-state index contributed by atoms with van der Waals surface area (Å²) in [5.74, 6) is 0.400. The van der Waals surface area contributed by atoms with E-state index in [1.165, 1.54) is 0 Å². The van der Waals surface area contributed by atoms with E-state index in [2.05, 4.69) is 8.75 Å². The first-order chi connectivity index (χ1) is 18.6. The van der Waals surface area contributed by atoms with Crippen LogP contribution in [0.2, 0.25) is 0 Å². The fraction of sp³-hybridized carbons (Fsp3) is 0.100. The molecule has 1 N–H and O–H groups in total. The van der Waals surface area contributed by atoms with Crippen LogP contribution in [0.15, 0.2) is 91.0 Å². The number of fused-ring (bicyclic) bond motifs is 2. The molecule has 38 heavy (non-hydrogen) atoms. The Labute approximate surface area is 222 Å². The Kier molecular flexibility index (Phi) is 6.23. The van der Waals surface area contributed by atoms with Gasteiger partial charge in [0.25, 0.3) is 0 Å². The first kappa shape index (κ1) is 23.7. The van der Waals surface area contributed by atoms with Crippen LogP contribution in [0.25, 0.3) is 33.1 Å². The van der Waals surface area contributed by atoms with Crippen molar-refractivity contribution in [2.45, 2.75) is 13.2 Å². The Balaban J connectivity index is 1.51. The highest BCUT2D eigenvalue weighted by molar-refractivity contribution is 7.00. The van der Waals surface area contributed by atoms with Crippen LogP contribution in [0.5, 0.6) is 11.5 Å². The van der Waals surface area contributed by atoms with E-state index in [0.717, 1.165) is 56.1 Å². The Morgan fingerprint density at radius 2 is 1.63 bits per heavy atom. The van der Waals surface area contributed by atoms with Crippen LogP contribution >= 0.6 is 11.7 Å². The molecular formula is C30H23N3O4S. The number of aromatic carboxylic acids is 1. The molecule has 6 rings (SSSR count). The maximum atomic E-state index is 12.8. The van der Waals surface area contributed by atoms with Gasteiger partial charge >= 0.3 is 5.97 Å². The van der Waals surface area contributed by atoms with Gasteiger partial charge in [0.05, 0.1) is 24.4 Å². The Morgan fingerprint density at radius 1 is 0.868 bits per heavy atom. The van der Waals surface area contributed by atoms with Crippen LogP contribution in [-0.4, -0.2) is 31.5 Å². The summed E-state index contributed by atoms with van der Waals surface area (Å²) in [5.41, 5.74) is 5.93. The number of benzene rings is 4. The van der Waals surface area contributed by atoms with Crippen LogP contribution in [-0.2, 0) is 13.2 Å². The smallest absolute Gasteiger partial charge is 0.353 e. The topological polar surface area (TPSA) is 86.5 Å². The van der Waals surface area contributed by atoms with E-state index in [0.29, 0.717) is 24.5 Å². The molecule has 8 heteroatoms. The second-order valence-corrected chi connectivity index (χ2v) is 9.41. The van der Waals surface area contributed by atoms with Gasteiger partial charge in [0.15, 0.2) is 0 Å². The number of carboxylic acid groups (broad SMARTS) is 1. The van der Waals surface area contributed by atoms with Gasteiger partial charge < -0.3 is 19.1 Å². The Bertz CT molecular complexity index is 1760. The Morgan fingerprint density at radius 3 is 2.39 bits per heavy atom. The normalized spacial score (nSPS) is 11.2. The highest BCUT2D eigenvalue weighted by Gasteiger charge is 2.25. The molecule has 0 atom stereocenters. The minimum absolute atomic E-state index is 0.207. The fourth-order valence-electron chi connectivity index (χ4n) is 4.69. The molecule has 0 bridgehead atoms. The van der Waals surface area contributed by atoms with Crippen LogP contribution in [0.4, 0.5) is 0 Å². The molecule has 0 aliphatic heterocycles. The van der Waals surface area contributed by atoms with Gasteiger partial charge in [-0.2, -0.15) is 8.75 Å². The van der Waals surface area contributed by atoms with E-state index in [-0.39, 0.29) is 5.69 Å². The number of carbonyl (C=O) groups is 1. The predicted octanol–water partition coefficient (Wildman–Crippen LogP) is 6.65. The zero-order valence-corrected chi connectivity index (χ0v) is 21.3. The zero-order chi connectivity index (χ0) is 26.1. The van der Waals surface area contributed by atoms with Crippen molar-refractivity contribution < 1.29 is 19.4 Å². The molecular weight excluding hydrogens is 498 g/mol. The number of carboxylic acids is 1. The monoisotopic (exact) mass is 521 g/mol. The van der Waals surface area contributed by atoms with Crippen molar-refractivity contribution in [3.8, 4) is 22.6 Å². The summed E-state index contributed by atoms with van der Waals surface area (Å²) >= 11 is 1.14. The summed E-state index contributed by atoms with van der Waals surface area (Å²) in [4.78, 5) is 12.8. The molecule has 0 spiro atoms. The minimum Gasteiger partial charge on any atom is -0.497 e. The molecule has 2 heterocycles. The number of aromatic nitrogens is 3. The van der Waals surface area contributed by atoms with E-state index in [1.54, 1.807) is 7.11 Å². The number of hydrogen-bond donors (Lipinski definition) is 1. The zero-order valence-electron chi connectivity index (χ0n) is 20.5. The summed E-state index contributed by atoms with van der Waals surface area (Å²) in [6.07, 6.45) is 0. The van der Waals surface area contributed by atoms with Crippen molar-refractivity contribution in [1.29, 1.82) is 0 Å². The summed E-state index contributed by atoms with van der Waals surface area (Å²) in [6, 6.07) is 29.0. The number of rotatable bonds is 8. The van der Waals surface area contributed by atoms with E-state index < -0.39 is 5.97 Å². The van der Waals surface area contributed by atoms with E-state index in [4.69, 9.17) is 9.47 Å². The molecule has 0 saturated heterocycles. The third-order valence-electron chi connectivity index (χ3n) is 6.53. The number of hydrogen-bond acceptors (Lipinski definition) is 6. The van der Waals surface area contributed by atoms with Gasteiger partial charge in [0.1, 0.15) is 34.8 Å². The van der Waals surface area contributed by atoms with Gasteiger partial charge in [0, 0.05) is 23.6 Å². The lowest BCUT2D eigenvalue weighted by Gasteiger charge is -2.11. The molecule has 188 valence electrons. The molecule has 6 aromatic rings. The van der Waals surface area contributed by atoms with Gasteiger partial charge in [-0.15, -0.1) is 0 Å². The summed E-state index contributed by atoms with van der Waals surface area (Å²) < 4.78 is 21.9. The molecule has 7 nitrogen and oxygen atoms in total. The number of ether oxygens (including phenoxy) is 2. The molecule has 4 aromatic carbocycles. The summed E-state index contributed by atoms with van der Waals surface area (Å²) in [6.45, 7) is 0.780. The van der Waals surface area contributed by atoms with Crippen LogP contribution in [0.1, 0.15) is 21.6 Å². The lowest BCUT2D eigenvalue weighted by atomic mass is 10.0. The third-order valence-corrected chi connectivity index (χ3v) is 7.09. The first-order valence-corrected chi connectivity index (χ1v) is 12.8. The SMILES string of the molecule is COc1ccc(Cn2c(C(=O)O)c(-c3ccc4nsnc4c3)c3ccc(OCc4ccccc4)cc32)cc1. The van der Waals surface area contributed by atoms with E-state index in [1.807, 2.05) is 95.6 Å². The fourth-order valence-corrected chi connectivity index (χ4v) is 5.21. The van der Waals surface area contributed by atoms with Crippen LogP contribution < -0.4 is 9.47 Å². The second-order valence-electron chi connectivity index (χ2n) is 8.88. The van der Waals surface area contributed by atoms with E-state index >= 15 is 0 Å². The van der Waals surface area contributed by atoms with E-state index in [9.17, 15) is 9.90 Å². The minimum atomic E-state index is -1.01. The van der Waals surface area contributed by atoms with Crippen molar-refractivity contribution in [3.63, 3.8) is 0 Å². The quantitative estimate of drug-likeness (QED) is 0.241. The molecule has 2 aromatic heterocycles. The number of nitrogens with zero attached hydrogens (tertiary/aromatic N) is 3. The molecule has 0 amide bonds. The lowest BCUT2D eigenvalue weighted by molar-refractivity contribution is 0.0687.